The van der Waals surface area contributed by atoms with Gasteiger partial charge in [-0.05, 0) is 67.5 Å². The molecule has 0 saturated carbocycles. The first-order valence-electron chi connectivity index (χ1n) is 12.4. The molecule has 9 heteroatoms. The summed E-state index contributed by atoms with van der Waals surface area (Å²) in [7, 11) is 1.38. The molecular weight excluding hydrogens is 485 g/mol. The van der Waals surface area contributed by atoms with Crippen LogP contribution in [-0.2, 0) is 14.3 Å². The van der Waals surface area contributed by atoms with Crippen LogP contribution >= 0.6 is 11.6 Å². The molecule has 7 nitrogen and oxygen atoms in total. The van der Waals surface area contributed by atoms with Crippen molar-refractivity contribution in [3.8, 4) is 0 Å². The third-order valence-electron chi connectivity index (χ3n) is 6.46. The first kappa shape index (κ1) is 27.7. The van der Waals surface area contributed by atoms with E-state index in [-0.39, 0.29) is 35.1 Å². The molecule has 1 fully saturated rings. The van der Waals surface area contributed by atoms with Gasteiger partial charge in [0.05, 0.1) is 30.6 Å². The van der Waals surface area contributed by atoms with Crippen molar-refractivity contribution >= 4 is 40.7 Å². The Balaban J connectivity index is 1.95. The molecule has 1 heterocycles. The van der Waals surface area contributed by atoms with Crippen molar-refractivity contribution in [1.82, 2.24) is 0 Å². The fourth-order valence-corrected chi connectivity index (χ4v) is 4.70. The maximum Gasteiger partial charge on any atom is 0.323 e. The van der Waals surface area contributed by atoms with Crippen LogP contribution in [0.2, 0.25) is 5.02 Å². The Morgan fingerprint density at radius 3 is 2.50 bits per heavy atom. The second kappa shape index (κ2) is 13.5. The summed E-state index contributed by atoms with van der Waals surface area (Å²) in [6.07, 6.45) is 3.69. The Hall–Kier alpha value is -2.84. The van der Waals surface area contributed by atoms with E-state index in [1.54, 1.807) is 0 Å². The second-order valence-corrected chi connectivity index (χ2v) is 9.34. The molecule has 2 N–H and O–H groups in total. The van der Waals surface area contributed by atoms with E-state index in [2.05, 4.69) is 22.5 Å². The number of ether oxygens (including phenoxy) is 2. The number of methoxy groups -OCH3 is 1. The number of nitrogens with one attached hydrogen (secondary N) is 2. The molecule has 2 amide bonds. The van der Waals surface area contributed by atoms with Gasteiger partial charge in [0.2, 0.25) is 0 Å². The van der Waals surface area contributed by atoms with Crippen LogP contribution in [0.1, 0.15) is 57.4 Å². The number of esters is 1. The molecule has 0 aliphatic carbocycles. The molecule has 36 heavy (non-hydrogen) atoms. The molecule has 1 unspecified atom stereocenters. The number of urea groups is 1. The van der Waals surface area contributed by atoms with Gasteiger partial charge < -0.3 is 25.0 Å². The van der Waals surface area contributed by atoms with E-state index in [1.807, 2.05) is 25.1 Å². The number of carbonyl (C=O) groups excluding carboxylic acids is 2. The van der Waals surface area contributed by atoms with Gasteiger partial charge in [-0.15, -0.1) is 0 Å². The predicted molar refractivity (Wildman–Crippen MR) is 142 cm³/mol. The molecule has 3 rings (SSSR count). The number of halogens is 2. The minimum absolute atomic E-state index is 0.0292. The minimum Gasteiger partial charge on any atom is -0.469 e. The Kier molecular flexibility index (Phi) is 10.4. The first-order valence-corrected chi connectivity index (χ1v) is 12.8. The van der Waals surface area contributed by atoms with Gasteiger partial charge in [-0.1, -0.05) is 31.5 Å². The van der Waals surface area contributed by atoms with Crippen molar-refractivity contribution in [3.63, 3.8) is 0 Å². The van der Waals surface area contributed by atoms with Crippen molar-refractivity contribution in [1.29, 1.82) is 0 Å². The molecule has 1 saturated heterocycles. The molecule has 0 bridgehead atoms. The lowest BCUT2D eigenvalue weighted by Crippen LogP contribution is -2.40. The fourth-order valence-electron chi connectivity index (χ4n) is 4.54. The molecule has 0 spiro atoms. The lowest BCUT2D eigenvalue weighted by molar-refractivity contribution is -0.141. The largest absolute Gasteiger partial charge is 0.469 e. The normalized spacial score (nSPS) is 14.7. The highest BCUT2D eigenvalue weighted by atomic mass is 35.5. The molecule has 1 aliphatic heterocycles. The van der Waals surface area contributed by atoms with Gasteiger partial charge >= 0.3 is 12.0 Å². The van der Waals surface area contributed by atoms with Gasteiger partial charge in [0.1, 0.15) is 5.82 Å². The standard InChI is InChI=1S/C27H35ClFN3O4/c1-4-12-32(21-10-13-36-14-11-21)25-9-6-19(18(5-2)16-26(33)35-3)15-24(25)31-27(34)30-23-8-7-20(28)17-22(23)29/h6-9,15,17-18,21H,4-5,10-14,16H2,1-3H3,(H2,30,31,34). The SMILES string of the molecule is CCCN(c1ccc(C(CC)CC(=O)OC)cc1NC(=O)Nc1ccc(Cl)cc1F)C1CCOCC1. The summed E-state index contributed by atoms with van der Waals surface area (Å²) in [6.45, 7) is 6.33. The number of hydrogen-bond donors (Lipinski definition) is 2. The van der Waals surface area contributed by atoms with Crippen LogP contribution in [0.5, 0.6) is 0 Å². The van der Waals surface area contributed by atoms with Crippen molar-refractivity contribution in [2.75, 3.05) is 42.4 Å². The number of amides is 2. The average molecular weight is 520 g/mol. The van der Waals surface area contributed by atoms with E-state index in [9.17, 15) is 14.0 Å². The number of anilines is 3. The average Bonchev–Trinajstić information content (AvgIpc) is 2.88. The van der Waals surface area contributed by atoms with E-state index in [0.29, 0.717) is 18.9 Å². The van der Waals surface area contributed by atoms with Gasteiger partial charge in [0.25, 0.3) is 0 Å². The van der Waals surface area contributed by atoms with Crippen LogP contribution in [-0.4, -0.2) is 44.9 Å². The van der Waals surface area contributed by atoms with E-state index in [0.717, 1.165) is 49.5 Å². The van der Waals surface area contributed by atoms with E-state index in [4.69, 9.17) is 21.1 Å². The summed E-state index contributed by atoms with van der Waals surface area (Å²) >= 11 is 5.83. The van der Waals surface area contributed by atoms with Crippen LogP contribution in [0.25, 0.3) is 0 Å². The zero-order valence-electron chi connectivity index (χ0n) is 21.1. The smallest absolute Gasteiger partial charge is 0.323 e. The van der Waals surface area contributed by atoms with E-state index < -0.39 is 11.8 Å². The number of hydrogen-bond acceptors (Lipinski definition) is 5. The maximum atomic E-state index is 14.3. The lowest BCUT2D eigenvalue weighted by atomic mass is 9.92. The van der Waals surface area contributed by atoms with E-state index in [1.165, 1.54) is 19.2 Å². The van der Waals surface area contributed by atoms with Crippen LogP contribution < -0.4 is 15.5 Å². The van der Waals surface area contributed by atoms with Gasteiger partial charge in [0.15, 0.2) is 0 Å². The molecular formula is C27H35ClFN3O4. The topological polar surface area (TPSA) is 79.9 Å². The van der Waals surface area contributed by atoms with Crippen LogP contribution in [0, 0.1) is 5.82 Å². The van der Waals surface area contributed by atoms with Crippen molar-refractivity contribution in [2.24, 2.45) is 0 Å². The summed E-state index contributed by atoms with van der Waals surface area (Å²) in [4.78, 5) is 27.3. The number of benzene rings is 2. The number of carbonyl (C=O) groups is 2. The quantitative estimate of drug-likeness (QED) is 0.347. The summed E-state index contributed by atoms with van der Waals surface area (Å²) in [5.74, 6) is -0.969. The molecule has 2 aromatic carbocycles. The summed E-state index contributed by atoms with van der Waals surface area (Å²) in [6, 6.07) is 9.71. The molecule has 2 aromatic rings. The minimum atomic E-state index is -0.620. The molecule has 196 valence electrons. The summed E-state index contributed by atoms with van der Waals surface area (Å²) in [5, 5.41) is 5.74. The van der Waals surface area contributed by atoms with Crippen molar-refractivity contribution < 1.29 is 23.5 Å². The Morgan fingerprint density at radius 2 is 1.86 bits per heavy atom. The van der Waals surface area contributed by atoms with Crippen LogP contribution in [0.15, 0.2) is 36.4 Å². The predicted octanol–water partition coefficient (Wildman–Crippen LogP) is 6.58. The Labute approximate surface area is 217 Å². The maximum absolute atomic E-state index is 14.3. The Bertz CT molecular complexity index is 1050. The lowest BCUT2D eigenvalue weighted by Gasteiger charge is -2.37. The van der Waals surface area contributed by atoms with Gasteiger partial charge in [-0.25, -0.2) is 9.18 Å². The highest BCUT2D eigenvalue weighted by Crippen LogP contribution is 2.35. The fraction of sp³-hybridized carbons (Fsp3) is 0.481. The Morgan fingerprint density at radius 1 is 1.14 bits per heavy atom. The number of rotatable bonds is 10. The second-order valence-electron chi connectivity index (χ2n) is 8.90. The summed E-state index contributed by atoms with van der Waals surface area (Å²) in [5.41, 5.74) is 2.43. The molecule has 0 aromatic heterocycles. The van der Waals surface area contributed by atoms with Crippen molar-refractivity contribution in [3.05, 3.63) is 52.8 Å². The van der Waals surface area contributed by atoms with Crippen molar-refractivity contribution in [2.45, 2.75) is 57.9 Å². The zero-order valence-corrected chi connectivity index (χ0v) is 21.9. The highest BCUT2D eigenvalue weighted by Gasteiger charge is 2.25. The van der Waals surface area contributed by atoms with Gasteiger partial charge in [0, 0.05) is 30.8 Å². The van der Waals surface area contributed by atoms with E-state index >= 15 is 0 Å². The number of nitrogens with zero attached hydrogens (tertiary/aromatic N) is 1. The zero-order chi connectivity index (χ0) is 26.1. The van der Waals surface area contributed by atoms with Crippen LogP contribution in [0.4, 0.5) is 26.2 Å². The third kappa shape index (κ3) is 7.34. The summed E-state index contributed by atoms with van der Waals surface area (Å²) < 4.78 is 24.7. The van der Waals surface area contributed by atoms with Crippen LogP contribution in [0.3, 0.4) is 0 Å². The molecule has 1 aliphatic rings. The molecule has 1 atom stereocenters. The third-order valence-corrected chi connectivity index (χ3v) is 6.69. The monoisotopic (exact) mass is 519 g/mol. The van der Waals surface area contributed by atoms with Gasteiger partial charge in [-0.3, -0.25) is 4.79 Å². The first-order chi connectivity index (χ1) is 17.4. The molecule has 0 radical (unpaired) electrons. The highest BCUT2D eigenvalue weighted by molar-refractivity contribution is 6.30. The van der Waals surface area contributed by atoms with Gasteiger partial charge in [-0.2, -0.15) is 0 Å².